The normalized spacial score (nSPS) is 11.9. The van der Waals surface area contributed by atoms with Gasteiger partial charge in [-0.25, -0.2) is 8.42 Å². The van der Waals surface area contributed by atoms with Crippen molar-refractivity contribution in [1.29, 1.82) is 0 Å². The Morgan fingerprint density at radius 3 is 2.47 bits per heavy atom. The Morgan fingerprint density at radius 2 is 2.00 bits per heavy atom. The topological polar surface area (TPSA) is 43.4 Å². The van der Waals surface area contributed by atoms with Crippen molar-refractivity contribution >= 4 is 19.7 Å². The summed E-state index contributed by atoms with van der Waals surface area (Å²) in [7, 11) is 1.65. The van der Waals surface area contributed by atoms with Crippen LogP contribution in [0.3, 0.4) is 0 Å². The molecule has 0 aromatic heterocycles. The van der Waals surface area contributed by atoms with E-state index in [0.29, 0.717) is 23.3 Å². The minimum Gasteiger partial charge on any atom is -0.493 e. The van der Waals surface area contributed by atoms with Crippen LogP contribution in [-0.2, 0) is 9.05 Å². The van der Waals surface area contributed by atoms with Crippen molar-refractivity contribution in [3.05, 3.63) is 23.3 Å². The molecule has 0 spiro atoms. The molecule has 0 fully saturated rings. The van der Waals surface area contributed by atoms with Crippen molar-refractivity contribution in [2.24, 2.45) is 0 Å². The van der Waals surface area contributed by atoms with Crippen molar-refractivity contribution in [2.45, 2.75) is 38.0 Å². The van der Waals surface area contributed by atoms with E-state index in [1.807, 2.05) is 13.8 Å². The van der Waals surface area contributed by atoms with E-state index in [2.05, 4.69) is 0 Å². The van der Waals surface area contributed by atoms with Gasteiger partial charge >= 0.3 is 0 Å². The van der Waals surface area contributed by atoms with Gasteiger partial charge in [-0.15, -0.1) is 0 Å². The van der Waals surface area contributed by atoms with Gasteiger partial charge in [-0.1, -0.05) is 13.8 Å². The SMILES string of the molecule is Cc1cc(S(=O)(=O)Cl)c(C(C)C)cc1OCCCF. The number of hydrogen-bond acceptors (Lipinski definition) is 3. The van der Waals surface area contributed by atoms with Crippen molar-refractivity contribution < 1.29 is 17.5 Å². The van der Waals surface area contributed by atoms with Crippen molar-refractivity contribution in [2.75, 3.05) is 13.3 Å². The number of ether oxygens (including phenoxy) is 1. The predicted molar refractivity (Wildman–Crippen MR) is 74.4 cm³/mol. The molecule has 0 radical (unpaired) electrons. The molecular formula is C13H18ClFO3S. The molecule has 0 N–H and O–H groups in total. The lowest BCUT2D eigenvalue weighted by Gasteiger charge is -2.15. The van der Waals surface area contributed by atoms with Gasteiger partial charge in [-0.3, -0.25) is 4.39 Å². The fourth-order valence-electron chi connectivity index (χ4n) is 1.73. The molecule has 6 heteroatoms. The summed E-state index contributed by atoms with van der Waals surface area (Å²) in [4.78, 5) is 0.111. The van der Waals surface area contributed by atoms with E-state index in [4.69, 9.17) is 15.4 Å². The summed E-state index contributed by atoms with van der Waals surface area (Å²) >= 11 is 0. The quantitative estimate of drug-likeness (QED) is 0.593. The number of halogens is 2. The molecule has 0 saturated heterocycles. The van der Waals surface area contributed by atoms with Crippen molar-refractivity contribution in [1.82, 2.24) is 0 Å². The number of benzene rings is 1. The lowest BCUT2D eigenvalue weighted by atomic mass is 10.0. The molecule has 0 saturated carbocycles. The van der Waals surface area contributed by atoms with E-state index in [9.17, 15) is 12.8 Å². The Labute approximate surface area is 118 Å². The fraction of sp³-hybridized carbons (Fsp3) is 0.538. The first kappa shape index (κ1) is 16.2. The number of rotatable bonds is 6. The number of alkyl halides is 1. The summed E-state index contributed by atoms with van der Waals surface area (Å²) in [5.74, 6) is 0.564. The van der Waals surface area contributed by atoms with Crippen molar-refractivity contribution in [3.8, 4) is 5.75 Å². The molecule has 0 aliphatic heterocycles. The zero-order valence-electron chi connectivity index (χ0n) is 11.2. The van der Waals surface area contributed by atoms with Crippen LogP contribution in [0.2, 0.25) is 0 Å². The Morgan fingerprint density at radius 1 is 1.37 bits per heavy atom. The Balaban J connectivity index is 3.21. The van der Waals surface area contributed by atoms with Gasteiger partial charge in [0.15, 0.2) is 0 Å². The van der Waals surface area contributed by atoms with Crippen molar-refractivity contribution in [3.63, 3.8) is 0 Å². The first-order valence-corrected chi connectivity index (χ1v) is 8.36. The van der Waals surface area contributed by atoms with Gasteiger partial charge in [-0.05, 0) is 36.1 Å². The minimum atomic E-state index is -3.79. The van der Waals surface area contributed by atoms with Gasteiger partial charge in [0.05, 0.1) is 18.2 Å². The molecule has 1 aromatic carbocycles. The Kier molecular flexibility index (Phi) is 5.62. The third-order valence-corrected chi connectivity index (χ3v) is 4.11. The predicted octanol–water partition coefficient (Wildman–Crippen LogP) is 3.78. The van der Waals surface area contributed by atoms with Gasteiger partial charge in [0, 0.05) is 17.1 Å². The van der Waals surface area contributed by atoms with E-state index in [-0.39, 0.29) is 17.4 Å². The van der Waals surface area contributed by atoms with Crippen LogP contribution in [0.5, 0.6) is 5.75 Å². The molecule has 0 aliphatic rings. The molecule has 0 amide bonds. The summed E-state index contributed by atoms with van der Waals surface area (Å²) < 4.78 is 40.6. The maximum Gasteiger partial charge on any atom is 0.261 e. The Hall–Kier alpha value is -0.810. The average molecular weight is 309 g/mol. The smallest absolute Gasteiger partial charge is 0.261 e. The van der Waals surface area contributed by atoms with Crippen LogP contribution in [0.4, 0.5) is 4.39 Å². The van der Waals surface area contributed by atoms with E-state index >= 15 is 0 Å². The minimum absolute atomic E-state index is 0.00681. The third kappa shape index (κ3) is 4.35. The first-order valence-electron chi connectivity index (χ1n) is 6.05. The summed E-state index contributed by atoms with van der Waals surface area (Å²) in [6.07, 6.45) is 0.312. The molecule has 0 atom stereocenters. The second kappa shape index (κ2) is 6.57. The highest BCUT2D eigenvalue weighted by atomic mass is 35.7. The second-order valence-corrected chi connectivity index (χ2v) is 7.17. The first-order chi connectivity index (χ1) is 8.77. The van der Waals surface area contributed by atoms with E-state index in [0.717, 1.165) is 0 Å². The highest BCUT2D eigenvalue weighted by molar-refractivity contribution is 8.13. The van der Waals surface area contributed by atoms with Gasteiger partial charge in [-0.2, -0.15) is 0 Å². The maximum absolute atomic E-state index is 12.0. The van der Waals surface area contributed by atoms with Gasteiger partial charge in [0.25, 0.3) is 9.05 Å². The average Bonchev–Trinajstić information content (AvgIpc) is 2.29. The standard InChI is InChI=1S/C13H18ClFO3S/c1-9(2)11-8-12(18-6-4-5-15)10(3)7-13(11)19(14,16)17/h7-9H,4-6H2,1-3H3. The van der Waals surface area contributed by atoms with E-state index in [1.165, 1.54) is 6.07 Å². The molecule has 1 aromatic rings. The van der Waals surface area contributed by atoms with Crippen LogP contribution in [0.25, 0.3) is 0 Å². The molecule has 108 valence electrons. The van der Waals surface area contributed by atoms with Gasteiger partial charge in [0.2, 0.25) is 0 Å². The third-order valence-electron chi connectivity index (χ3n) is 2.73. The number of hydrogen-bond donors (Lipinski definition) is 0. The largest absolute Gasteiger partial charge is 0.493 e. The molecule has 0 bridgehead atoms. The van der Waals surface area contributed by atoms with Crippen LogP contribution in [0.1, 0.15) is 37.3 Å². The molecule has 0 unspecified atom stereocenters. The summed E-state index contributed by atoms with van der Waals surface area (Å²) in [5.41, 5.74) is 1.28. The van der Waals surface area contributed by atoms with Gasteiger partial charge < -0.3 is 4.74 Å². The van der Waals surface area contributed by atoms with Crippen LogP contribution >= 0.6 is 10.7 Å². The molecule has 1 rings (SSSR count). The van der Waals surface area contributed by atoms with E-state index in [1.54, 1.807) is 13.0 Å². The van der Waals surface area contributed by atoms with Gasteiger partial charge in [0.1, 0.15) is 5.75 Å². The van der Waals surface area contributed by atoms with E-state index < -0.39 is 15.7 Å². The van der Waals surface area contributed by atoms with Crippen LogP contribution in [0.15, 0.2) is 17.0 Å². The lowest BCUT2D eigenvalue weighted by Crippen LogP contribution is -2.05. The zero-order valence-corrected chi connectivity index (χ0v) is 12.8. The van der Waals surface area contributed by atoms with Crippen LogP contribution < -0.4 is 4.74 Å². The highest BCUT2D eigenvalue weighted by Gasteiger charge is 2.20. The monoisotopic (exact) mass is 308 g/mol. The molecule has 0 aliphatic carbocycles. The molecule has 0 heterocycles. The number of aryl methyl sites for hydroxylation is 1. The summed E-state index contributed by atoms with van der Waals surface area (Å²) in [6.45, 7) is 5.32. The maximum atomic E-state index is 12.0. The zero-order chi connectivity index (χ0) is 14.6. The molecular weight excluding hydrogens is 291 g/mol. The summed E-state index contributed by atoms with van der Waals surface area (Å²) in [6, 6.07) is 3.18. The summed E-state index contributed by atoms with van der Waals surface area (Å²) in [5, 5.41) is 0. The fourth-order valence-corrected chi connectivity index (χ4v) is 3.03. The molecule has 3 nitrogen and oxygen atoms in total. The second-order valence-electron chi connectivity index (χ2n) is 4.64. The highest BCUT2D eigenvalue weighted by Crippen LogP contribution is 2.32. The van der Waals surface area contributed by atoms with Crippen LogP contribution in [-0.4, -0.2) is 21.7 Å². The molecule has 19 heavy (non-hydrogen) atoms. The lowest BCUT2D eigenvalue weighted by molar-refractivity contribution is 0.287. The van der Waals surface area contributed by atoms with Crippen LogP contribution in [0, 0.1) is 6.92 Å². The Bertz CT molecular complexity index is 541.